The Bertz CT molecular complexity index is 968. The maximum absolute atomic E-state index is 11.6. The lowest BCUT2D eigenvalue weighted by molar-refractivity contribution is 0.186. The molecule has 0 aliphatic rings. The average molecular weight is 359 g/mol. The molecule has 0 spiro atoms. The fourth-order valence-corrected chi connectivity index (χ4v) is 2.56. The summed E-state index contributed by atoms with van der Waals surface area (Å²) >= 11 is 5.94. The third kappa shape index (κ3) is 3.41. The molecule has 1 heterocycles. The number of benzene rings is 2. The van der Waals surface area contributed by atoms with E-state index >= 15 is 0 Å². The summed E-state index contributed by atoms with van der Waals surface area (Å²) in [5.41, 5.74) is 2.00. The number of halogens is 1. The average Bonchev–Trinajstić information content (AvgIpc) is 2.95. The fourth-order valence-electron chi connectivity index (χ4n) is 2.33. The van der Waals surface area contributed by atoms with Crippen molar-refractivity contribution in [1.29, 1.82) is 5.41 Å². The summed E-state index contributed by atoms with van der Waals surface area (Å²) in [6, 6.07) is 12.1. The zero-order valence-electron chi connectivity index (χ0n) is 13.5. The summed E-state index contributed by atoms with van der Waals surface area (Å²) in [4.78, 5) is 15.9. The SMILES string of the molecule is COC(=O)Nc1nc2ccccc2n1C(=N)Oc1ccc(Cl)cc1C. The third-order valence-electron chi connectivity index (χ3n) is 3.51. The zero-order chi connectivity index (χ0) is 18.0. The number of carbonyl (C=O) groups is 1. The standard InChI is InChI=1S/C17H15ClN4O3/c1-10-9-11(18)7-8-14(10)25-15(19)22-13-6-4-3-5-12(13)20-16(22)21-17(23)24-2/h3-9,19H,1-2H3,(H,20,21,23). The summed E-state index contributed by atoms with van der Waals surface area (Å²) in [5.74, 6) is 0.612. The number of anilines is 1. The first-order valence-electron chi connectivity index (χ1n) is 7.35. The number of ether oxygens (including phenoxy) is 2. The molecule has 1 amide bonds. The molecule has 0 radical (unpaired) electrons. The summed E-state index contributed by atoms with van der Waals surface area (Å²) in [6.45, 7) is 1.83. The van der Waals surface area contributed by atoms with Crippen molar-refractivity contribution in [2.24, 2.45) is 0 Å². The Morgan fingerprint density at radius 2 is 2.04 bits per heavy atom. The van der Waals surface area contributed by atoms with E-state index in [4.69, 9.17) is 21.7 Å². The number of nitrogens with one attached hydrogen (secondary N) is 2. The molecule has 3 rings (SSSR count). The number of hydrogen-bond acceptors (Lipinski definition) is 5. The van der Waals surface area contributed by atoms with Gasteiger partial charge in [-0.2, -0.15) is 0 Å². The number of methoxy groups -OCH3 is 1. The van der Waals surface area contributed by atoms with E-state index in [1.165, 1.54) is 11.7 Å². The van der Waals surface area contributed by atoms with Crippen LogP contribution in [-0.4, -0.2) is 28.8 Å². The van der Waals surface area contributed by atoms with Gasteiger partial charge in [0.05, 0.1) is 18.1 Å². The quantitative estimate of drug-likeness (QED) is 0.534. The number of amides is 1. The molecule has 0 unspecified atom stereocenters. The Kier molecular flexibility index (Phi) is 4.58. The van der Waals surface area contributed by atoms with Crippen LogP contribution >= 0.6 is 11.6 Å². The molecule has 25 heavy (non-hydrogen) atoms. The van der Waals surface area contributed by atoms with Gasteiger partial charge in [-0.15, -0.1) is 0 Å². The number of nitrogens with zero attached hydrogens (tertiary/aromatic N) is 2. The summed E-state index contributed by atoms with van der Waals surface area (Å²) in [5, 5.41) is 11.4. The number of hydrogen-bond donors (Lipinski definition) is 2. The first-order valence-corrected chi connectivity index (χ1v) is 7.73. The molecular formula is C17H15ClN4O3. The largest absolute Gasteiger partial charge is 0.453 e. The van der Waals surface area contributed by atoms with Crippen LogP contribution in [0.5, 0.6) is 5.75 Å². The van der Waals surface area contributed by atoms with Crippen LogP contribution in [0.3, 0.4) is 0 Å². The van der Waals surface area contributed by atoms with Crippen molar-refractivity contribution in [2.75, 3.05) is 12.4 Å². The van der Waals surface area contributed by atoms with Gasteiger partial charge in [-0.05, 0) is 42.8 Å². The van der Waals surface area contributed by atoms with Crippen molar-refractivity contribution in [3.63, 3.8) is 0 Å². The second-order valence-corrected chi connectivity index (χ2v) is 5.63. The summed E-state index contributed by atoms with van der Waals surface area (Å²) in [6.07, 6.45) is -0.688. The number of imidazole rings is 1. The second kappa shape index (κ2) is 6.82. The van der Waals surface area contributed by atoms with Crippen molar-refractivity contribution < 1.29 is 14.3 Å². The third-order valence-corrected chi connectivity index (χ3v) is 3.74. The highest BCUT2D eigenvalue weighted by atomic mass is 35.5. The van der Waals surface area contributed by atoms with Crippen LogP contribution in [0.15, 0.2) is 42.5 Å². The molecule has 1 aromatic heterocycles. The molecule has 0 fully saturated rings. The van der Waals surface area contributed by atoms with E-state index < -0.39 is 6.09 Å². The van der Waals surface area contributed by atoms with Crippen molar-refractivity contribution in [1.82, 2.24) is 9.55 Å². The molecule has 3 aromatic rings. The Balaban J connectivity index is 2.01. The fraction of sp³-hybridized carbons (Fsp3) is 0.118. The van der Waals surface area contributed by atoms with E-state index in [1.807, 2.05) is 19.1 Å². The number of aryl methyl sites for hydroxylation is 1. The second-order valence-electron chi connectivity index (χ2n) is 5.19. The van der Waals surface area contributed by atoms with Crippen molar-refractivity contribution in [3.8, 4) is 5.75 Å². The van der Waals surface area contributed by atoms with E-state index in [9.17, 15) is 4.79 Å². The van der Waals surface area contributed by atoms with Gasteiger partial charge in [0.15, 0.2) is 0 Å². The molecule has 128 valence electrons. The first-order chi connectivity index (χ1) is 12.0. The molecule has 0 bridgehead atoms. The van der Waals surface area contributed by atoms with Crippen LogP contribution < -0.4 is 10.1 Å². The highest BCUT2D eigenvalue weighted by molar-refractivity contribution is 6.30. The van der Waals surface area contributed by atoms with Gasteiger partial charge >= 0.3 is 12.1 Å². The number of aromatic nitrogens is 2. The van der Waals surface area contributed by atoms with Crippen LogP contribution in [0.25, 0.3) is 11.0 Å². The monoisotopic (exact) mass is 358 g/mol. The molecule has 0 aliphatic carbocycles. The minimum atomic E-state index is -0.688. The van der Waals surface area contributed by atoms with E-state index in [-0.39, 0.29) is 12.0 Å². The van der Waals surface area contributed by atoms with Crippen LogP contribution in [0.4, 0.5) is 10.7 Å². The van der Waals surface area contributed by atoms with E-state index in [0.717, 1.165) is 5.56 Å². The molecule has 7 nitrogen and oxygen atoms in total. The highest BCUT2D eigenvalue weighted by Crippen LogP contribution is 2.24. The van der Waals surface area contributed by atoms with Gasteiger partial charge in [-0.1, -0.05) is 23.7 Å². The number of carbonyl (C=O) groups excluding carboxylic acids is 1. The summed E-state index contributed by atoms with van der Waals surface area (Å²) in [7, 11) is 1.25. The maximum atomic E-state index is 11.6. The molecule has 0 saturated heterocycles. The van der Waals surface area contributed by atoms with Crippen LogP contribution in [0.1, 0.15) is 5.56 Å². The molecular weight excluding hydrogens is 344 g/mol. The lowest BCUT2D eigenvalue weighted by Crippen LogP contribution is -2.23. The highest BCUT2D eigenvalue weighted by Gasteiger charge is 2.18. The molecule has 8 heteroatoms. The van der Waals surface area contributed by atoms with Gasteiger partial charge in [0, 0.05) is 5.02 Å². The van der Waals surface area contributed by atoms with E-state index in [0.29, 0.717) is 21.8 Å². The van der Waals surface area contributed by atoms with E-state index in [1.54, 1.807) is 30.3 Å². The van der Waals surface area contributed by atoms with Gasteiger partial charge in [-0.3, -0.25) is 10.7 Å². The van der Waals surface area contributed by atoms with Gasteiger partial charge in [0.2, 0.25) is 5.95 Å². The summed E-state index contributed by atoms with van der Waals surface area (Å²) < 4.78 is 11.7. The van der Waals surface area contributed by atoms with Gasteiger partial charge in [0.25, 0.3) is 0 Å². The van der Waals surface area contributed by atoms with Gasteiger partial charge in [0.1, 0.15) is 5.75 Å². The Morgan fingerprint density at radius 3 is 2.76 bits per heavy atom. The van der Waals surface area contributed by atoms with Gasteiger partial charge < -0.3 is 9.47 Å². The van der Waals surface area contributed by atoms with Crippen LogP contribution in [0, 0.1) is 12.3 Å². The zero-order valence-corrected chi connectivity index (χ0v) is 14.3. The minimum Gasteiger partial charge on any atom is -0.453 e. The van der Waals surface area contributed by atoms with Crippen LogP contribution in [-0.2, 0) is 4.74 Å². The van der Waals surface area contributed by atoms with Crippen molar-refractivity contribution >= 4 is 40.7 Å². The smallest absolute Gasteiger partial charge is 0.413 e. The Hall–Kier alpha value is -3.06. The van der Waals surface area contributed by atoms with Crippen molar-refractivity contribution in [3.05, 3.63) is 53.1 Å². The Morgan fingerprint density at radius 1 is 1.28 bits per heavy atom. The molecule has 0 saturated carbocycles. The normalized spacial score (nSPS) is 10.5. The topological polar surface area (TPSA) is 89.2 Å². The number of fused-ring (bicyclic) bond motifs is 1. The lowest BCUT2D eigenvalue weighted by Gasteiger charge is -2.13. The first kappa shape index (κ1) is 16.8. The number of rotatable bonds is 2. The van der Waals surface area contributed by atoms with E-state index in [2.05, 4.69) is 15.0 Å². The predicted molar refractivity (Wildman–Crippen MR) is 95.7 cm³/mol. The molecule has 0 atom stereocenters. The van der Waals surface area contributed by atoms with Gasteiger partial charge in [-0.25, -0.2) is 14.3 Å². The molecule has 2 aromatic carbocycles. The van der Waals surface area contributed by atoms with Crippen LogP contribution in [0.2, 0.25) is 5.02 Å². The van der Waals surface area contributed by atoms with Crippen molar-refractivity contribution in [2.45, 2.75) is 6.92 Å². The number of para-hydroxylation sites is 2. The minimum absolute atomic E-state index is 0.129. The maximum Gasteiger partial charge on any atom is 0.413 e. The predicted octanol–water partition coefficient (Wildman–Crippen LogP) is 4.04. The molecule has 0 aliphatic heterocycles. The molecule has 2 N–H and O–H groups in total. The lowest BCUT2D eigenvalue weighted by atomic mass is 10.2. The Labute approximate surface area is 148 Å².